The van der Waals surface area contributed by atoms with E-state index in [-0.39, 0.29) is 6.10 Å². The zero-order valence-electron chi connectivity index (χ0n) is 13.0. The van der Waals surface area contributed by atoms with Crippen molar-refractivity contribution in [2.24, 2.45) is 0 Å². The Bertz CT molecular complexity index is 501. The number of allylic oxidation sites excluding steroid dienone is 1. The van der Waals surface area contributed by atoms with E-state index in [2.05, 4.69) is 6.08 Å². The van der Waals surface area contributed by atoms with Crippen molar-refractivity contribution >= 4 is 10.2 Å². The molecule has 0 spiro atoms. The van der Waals surface area contributed by atoms with Crippen LogP contribution in [-0.2, 0) is 11.2 Å². The lowest BCUT2D eigenvalue weighted by Crippen LogP contribution is -2.34. The zero-order valence-corrected chi connectivity index (χ0v) is 15.0. The second kappa shape index (κ2) is 7.63. The monoisotopic (exact) mass is 308 g/mol. The van der Waals surface area contributed by atoms with E-state index in [4.69, 9.17) is 14.2 Å². The third-order valence-corrected chi connectivity index (χ3v) is 4.91. The van der Waals surface area contributed by atoms with Crippen LogP contribution in [0.1, 0.15) is 18.4 Å². The van der Waals surface area contributed by atoms with Crippen molar-refractivity contribution in [3.63, 3.8) is 0 Å². The maximum absolute atomic E-state index is 10.1. The number of benzene rings is 1. The van der Waals surface area contributed by atoms with Gasteiger partial charge in [0, 0.05) is 10.2 Å². The highest BCUT2D eigenvalue weighted by Gasteiger charge is 2.23. The van der Waals surface area contributed by atoms with E-state index in [1.807, 2.05) is 18.2 Å². The van der Waals surface area contributed by atoms with E-state index in [1.54, 1.807) is 14.2 Å². The summed E-state index contributed by atoms with van der Waals surface area (Å²) in [5.74, 6) is 1.47. The quantitative estimate of drug-likeness (QED) is 0.798. The first kappa shape index (κ1) is 16.1. The molecule has 21 heavy (non-hydrogen) atoms. The fourth-order valence-corrected chi connectivity index (χ4v) is 3.25. The van der Waals surface area contributed by atoms with Gasteiger partial charge in [-0.1, -0.05) is 17.3 Å². The summed E-state index contributed by atoms with van der Waals surface area (Å²) in [4.78, 5) is 0. The molecule has 0 fully saturated rings. The molecule has 1 N–H and O–H groups in total. The Labute approximate surface area is 129 Å². The summed E-state index contributed by atoms with van der Waals surface area (Å²) in [6.45, 7) is 0.603. The molecule has 5 heteroatoms. The third kappa shape index (κ3) is 4.09. The van der Waals surface area contributed by atoms with Gasteiger partial charge in [0.15, 0.2) is 11.5 Å². The topological polar surface area (TPSA) is 47.9 Å². The average molecular weight is 308 g/mol. The Morgan fingerprint density at radius 2 is 2.00 bits per heavy atom. The van der Waals surface area contributed by atoms with Crippen molar-refractivity contribution in [1.82, 2.24) is 0 Å². The molecule has 0 unspecified atom stereocenters. The lowest BCUT2D eigenvalue weighted by Gasteiger charge is -2.27. The minimum absolute atomic E-state index is 0.0531. The van der Waals surface area contributed by atoms with Gasteiger partial charge in [-0.15, -0.1) is 0 Å². The summed E-state index contributed by atoms with van der Waals surface area (Å²) in [6.07, 6.45) is 4.39. The summed E-state index contributed by atoms with van der Waals surface area (Å²) in [5.41, 5.74) is 1.14. The van der Waals surface area contributed by atoms with Crippen molar-refractivity contribution in [1.29, 1.82) is 0 Å². The number of hydrogen-bond donors (Lipinski definition) is 1. The van der Waals surface area contributed by atoms with Crippen LogP contribution in [0.15, 0.2) is 29.5 Å². The van der Waals surface area contributed by atoms with Crippen LogP contribution in [0.2, 0.25) is 0 Å². The van der Waals surface area contributed by atoms with E-state index in [1.165, 1.54) is 0 Å². The van der Waals surface area contributed by atoms with Crippen molar-refractivity contribution < 1.29 is 19.3 Å². The molecule has 0 bridgehead atoms. The van der Waals surface area contributed by atoms with E-state index in [0.717, 1.165) is 51.8 Å². The first-order chi connectivity index (χ1) is 10.2. The predicted molar refractivity (Wildman–Crippen MR) is 86.3 cm³/mol. The van der Waals surface area contributed by atoms with Crippen molar-refractivity contribution in [2.75, 3.05) is 20.8 Å². The van der Waals surface area contributed by atoms with Gasteiger partial charge in [-0.05, 0) is 37.0 Å². The second-order valence-corrected chi connectivity index (χ2v) is 6.47. The number of methoxy groups -OCH3 is 2. The summed E-state index contributed by atoms with van der Waals surface area (Å²) < 4.78 is 16.4. The minimum atomic E-state index is -0.407. The van der Waals surface area contributed by atoms with Crippen molar-refractivity contribution in [3.8, 4) is 11.5 Å². The maximum atomic E-state index is 10.1. The van der Waals surface area contributed by atoms with Crippen LogP contribution >= 0.6 is 0 Å². The van der Waals surface area contributed by atoms with E-state index in [0.29, 0.717) is 6.61 Å². The average Bonchev–Trinajstić information content (AvgIpc) is 2.51. The van der Waals surface area contributed by atoms with Crippen molar-refractivity contribution in [3.05, 3.63) is 35.0 Å². The molecule has 0 saturated heterocycles. The van der Waals surface area contributed by atoms with Crippen LogP contribution in [0.25, 0.3) is 0 Å². The zero-order chi connectivity index (χ0) is 15.2. The SMILES string of the molecule is COc1ccc(CCO[C@H]2CCC=C([SiH3])[C@H]2O)cc1OC. The molecular weight excluding hydrogens is 284 g/mol. The molecule has 1 aliphatic carbocycles. The summed E-state index contributed by atoms with van der Waals surface area (Å²) in [6, 6.07) is 5.89. The molecule has 2 atom stereocenters. The Morgan fingerprint density at radius 1 is 1.24 bits per heavy atom. The van der Waals surface area contributed by atoms with E-state index in [9.17, 15) is 5.11 Å². The lowest BCUT2D eigenvalue weighted by molar-refractivity contribution is -0.0257. The normalized spacial score (nSPS) is 22.0. The lowest BCUT2D eigenvalue weighted by atomic mass is 10.0. The molecule has 116 valence electrons. The molecule has 0 amide bonds. The smallest absolute Gasteiger partial charge is 0.160 e. The first-order valence-electron chi connectivity index (χ1n) is 7.33. The molecule has 1 aromatic carbocycles. The summed E-state index contributed by atoms with van der Waals surface area (Å²) in [5, 5.41) is 11.2. The van der Waals surface area contributed by atoms with Crippen LogP contribution in [0.3, 0.4) is 0 Å². The second-order valence-electron chi connectivity index (χ2n) is 5.32. The Kier molecular flexibility index (Phi) is 5.84. The van der Waals surface area contributed by atoms with Gasteiger partial charge in [0.2, 0.25) is 0 Å². The Hall–Kier alpha value is -1.30. The molecule has 1 aromatic rings. The van der Waals surface area contributed by atoms with Crippen LogP contribution in [0.4, 0.5) is 0 Å². The highest BCUT2D eigenvalue weighted by Crippen LogP contribution is 2.28. The van der Waals surface area contributed by atoms with Crippen LogP contribution < -0.4 is 9.47 Å². The molecule has 0 saturated carbocycles. The molecule has 0 radical (unpaired) electrons. The standard InChI is InChI=1S/C16H24O4Si/c1-18-12-7-6-11(10-14(12)19-2)8-9-20-13-4-3-5-15(21)16(13)17/h5-7,10,13,16-17H,3-4,8-9H2,1-2,21H3/t13-,16-/m0/s1. The maximum Gasteiger partial charge on any atom is 0.160 e. The van der Waals surface area contributed by atoms with Gasteiger partial charge in [-0.3, -0.25) is 0 Å². The van der Waals surface area contributed by atoms with Gasteiger partial charge in [-0.2, -0.15) is 0 Å². The number of aliphatic hydroxyl groups is 1. The molecular formula is C16H24O4Si. The summed E-state index contributed by atoms with van der Waals surface area (Å²) in [7, 11) is 4.17. The molecule has 2 rings (SSSR count). The fourth-order valence-electron chi connectivity index (χ4n) is 2.59. The highest BCUT2D eigenvalue weighted by atomic mass is 28.1. The number of ether oxygens (including phenoxy) is 3. The van der Waals surface area contributed by atoms with E-state index < -0.39 is 6.10 Å². The third-order valence-electron chi connectivity index (χ3n) is 3.91. The van der Waals surface area contributed by atoms with Gasteiger partial charge in [0.05, 0.1) is 33.0 Å². The van der Waals surface area contributed by atoms with Crippen LogP contribution in [0, 0.1) is 0 Å². The first-order valence-corrected chi connectivity index (χ1v) is 8.33. The highest BCUT2D eigenvalue weighted by molar-refractivity contribution is 6.22. The number of rotatable bonds is 6. The van der Waals surface area contributed by atoms with Crippen molar-refractivity contribution in [2.45, 2.75) is 31.5 Å². The molecule has 0 aliphatic heterocycles. The van der Waals surface area contributed by atoms with Gasteiger partial charge in [-0.25, -0.2) is 0 Å². The Balaban J connectivity index is 1.87. The van der Waals surface area contributed by atoms with Gasteiger partial charge >= 0.3 is 0 Å². The largest absolute Gasteiger partial charge is 0.493 e. The number of aliphatic hydroxyl groups excluding tert-OH is 1. The van der Waals surface area contributed by atoms with E-state index >= 15 is 0 Å². The minimum Gasteiger partial charge on any atom is -0.493 e. The fraction of sp³-hybridized carbons (Fsp3) is 0.500. The molecule has 0 aromatic heterocycles. The predicted octanol–water partition coefficient (Wildman–Crippen LogP) is 1.04. The number of hydrogen-bond acceptors (Lipinski definition) is 4. The van der Waals surface area contributed by atoms with Crippen LogP contribution in [-0.4, -0.2) is 48.4 Å². The molecule has 1 aliphatic rings. The summed E-state index contributed by atoms with van der Waals surface area (Å²) >= 11 is 0. The van der Waals surface area contributed by atoms with Crippen LogP contribution in [0.5, 0.6) is 11.5 Å². The van der Waals surface area contributed by atoms with Gasteiger partial charge in [0.1, 0.15) is 0 Å². The van der Waals surface area contributed by atoms with Gasteiger partial charge < -0.3 is 19.3 Å². The molecule has 0 heterocycles. The van der Waals surface area contributed by atoms with Gasteiger partial charge in [0.25, 0.3) is 0 Å². The molecule has 4 nitrogen and oxygen atoms in total. The Morgan fingerprint density at radius 3 is 2.71 bits per heavy atom.